The van der Waals surface area contributed by atoms with E-state index in [9.17, 15) is 9.59 Å². The van der Waals surface area contributed by atoms with Gasteiger partial charge in [0, 0.05) is 35.5 Å². The fraction of sp³-hybridized carbons (Fsp3) is 0.421. The van der Waals surface area contributed by atoms with E-state index in [2.05, 4.69) is 26.1 Å². The summed E-state index contributed by atoms with van der Waals surface area (Å²) in [6.45, 7) is 1.79. The minimum absolute atomic E-state index is 0.0672. The summed E-state index contributed by atoms with van der Waals surface area (Å²) in [5.74, 6) is 0.555. The first-order valence-corrected chi connectivity index (χ1v) is 9.51. The Labute approximate surface area is 156 Å². The van der Waals surface area contributed by atoms with E-state index in [0.29, 0.717) is 17.1 Å². The highest BCUT2D eigenvalue weighted by molar-refractivity contribution is 6.05. The monoisotopic (exact) mass is 366 g/mol. The minimum Gasteiger partial charge on any atom is -0.331 e. The van der Waals surface area contributed by atoms with E-state index in [4.69, 9.17) is 0 Å². The number of carbonyl (C=O) groups is 2. The van der Waals surface area contributed by atoms with Crippen LogP contribution in [0.15, 0.2) is 24.3 Å². The Balaban J connectivity index is 1.32. The second-order valence-electron chi connectivity index (χ2n) is 7.36. The fourth-order valence-electron chi connectivity index (χ4n) is 4.48. The first kappa shape index (κ1) is 16.3. The number of fused-ring (bicyclic) bond motifs is 3. The van der Waals surface area contributed by atoms with Crippen molar-refractivity contribution >= 4 is 23.4 Å². The number of H-pyrrole nitrogens is 1. The van der Waals surface area contributed by atoms with Gasteiger partial charge in [-0.3, -0.25) is 15.2 Å². The van der Waals surface area contributed by atoms with Crippen LogP contribution >= 0.6 is 0 Å². The first-order chi connectivity index (χ1) is 13.2. The lowest BCUT2D eigenvalue weighted by atomic mass is 10.0. The number of amides is 3. The number of aromatic nitrogens is 2. The molecule has 4 heterocycles. The molecule has 5 rings (SSSR count). The van der Waals surface area contributed by atoms with Gasteiger partial charge in [-0.15, -0.1) is 0 Å². The highest BCUT2D eigenvalue weighted by Crippen LogP contribution is 2.44. The van der Waals surface area contributed by atoms with E-state index in [1.807, 2.05) is 29.2 Å². The average Bonchev–Trinajstić information content (AvgIpc) is 3.42. The molecule has 2 saturated heterocycles. The van der Waals surface area contributed by atoms with Gasteiger partial charge in [-0.2, -0.15) is 5.10 Å². The van der Waals surface area contributed by atoms with Crippen LogP contribution in [-0.2, 0) is 0 Å². The van der Waals surface area contributed by atoms with Crippen molar-refractivity contribution in [1.82, 2.24) is 20.4 Å². The molecule has 27 heavy (non-hydrogen) atoms. The van der Waals surface area contributed by atoms with E-state index in [-0.39, 0.29) is 24.0 Å². The normalized spacial score (nSPS) is 23.4. The smallest absolute Gasteiger partial charge is 0.324 e. The molecule has 2 unspecified atom stereocenters. The zero-order chi connectivity index (χ0) is 18.4. The van der Waals surface area contributed by atoms with Crippen LogP contribution in [0.2, 0.25) is 0 Å². The number of nitrogens with one attached hydrogen (secondary N) is 4. The lowest BCUT2D eigenvalue weighted by Crippen LogP contribution is -2.23. The zero-order valence-corrected chi connectivity index (χ0v) is 14.9. The average molecular weight is 366 g/mol. The van der Waals surface area contributed by atoms with Crippen molar-refractivity contribution in [2.75, 3.05) is 23.7 Å². The van der Waals surface area contributed by atoms with E-state index in [1.165, 1.54) is 0 Å². The molecule has 0 aliphatic carbocycles. The molecular formula is C19H22N6O2. The van der Waals surface area contributed by atoms with Gasteiger partial charge in [0.1, 0.15) is 0 Å². The van der Waals surface area contributed by atoms with E-state index in [1.54, 1.807) is 0 Å². The molecule has 0 radical (unpaired) electrons. The Morgan fingerprint density at radius 3 is 3.00 bits per heavy atom. The van der Waals surface area contributed by atoms with Gasteiger partial charge in [0.15, 0.2) is 5.82 Å². The molecule has 1 aromatic heterocycles. The minimum atomic E-state index is -0.357. The molecule has 3 amide bonds. The molecule has 0 bridgehead atoms. The highest BCUT2D eigenvalue weighted by atomic mass is 16.2. The number of aromatic amines is 1. The van der Waals surface area contributed by atoms with Gasteiger partial charge in [0.2, 0.25) is 0 Å². The number of hydrogen-bond donors (Lipinski definition) is 4. The zero-order valence-electron chi connectivity index (χ0n) is 14.9. The van der Waals surface area contributed by atoms with E-state index < -0.39 is 0 Å². The van der Waals surface area contributed by atoms with Gasteiger partial charge in [-0.05, 0) is 44.4 Å². The van der Waals surface area contributed by atoms with Gasteiger partial charge in [0.05, 0.1) is 11.7 Å². The summed E-state index contributed by atoms with van der Waals surface area (Å²) in [4.78, 5) is 26.9. The summed E-state index contributed by atoms with van der Waals surface area (Å²) in [5.41, 5.74) is 3.32. The van der Waals surface area contributed by atoms with Crippen molar-refractivity contribution in [2.45, 2.75) is 37.8 Å². The van der Waals surface area contributed by atoms with Crippen molar-refractivity contribution in [3.05, 3.63) is 41.1 Å². The molecule has 0 spiro atoms. The van der Waals surface area contributed by atoms with Gasteiger partial charge in [-0.1, -0.05) is 6.07 Å². The summed E-state index contributed by atoms with van der Waals surface area (Å²) >= 11 is 0. The van der Waals surface area contributed by atoms with Crippen LogP contribution in [0.5, 0.6) is 0 Å². The Bertz CT molecular complexity index is 901. The second kappa shape index (κ2) is 6.38. The third kappa shape index (κ3) is 2.76. The van der Waals surface area contributed by atoms with Gasteiger partial charge in [-0.25, -0.2) is 4.79 Å². The SMILES string of the molecule is O=C(Nc1cc(C2CCCN2)[nH]n1)Nc1cccc2c1C1CCCN1C2=O. The van der Waals surface area contributed by atoms with Crippen LogP contribution in [0, 0.1) is 0 Å². The predicted octanol–water partition coefficient (Wildman–Crippen LogP) is 2.77. The number of urea groups is 1. The summed E-state index contributed by atoms with van der Waals surface area (Å²) in [5, 5.41) is 16.2. The molecule has 4 N–H and O–H groups in total. The van der Waals surface area contributed by atoms with Crippen molar-refractivity contribution in [3.63, 3.8) is 0 Å². The van der Waals surface area contributed by atoms with Crippen LogP contribution < -0.4 is 16.0 Å². The Hall–Kier alpha value is -2.87. The molecule has 2 fully saturated rings. The standard InChI is InChI=1S/C19H22N6O2/c26-18-11-4-1-5-13(17(11)15-7-3-9-25(15)18)21-19(27)22-16-10-14(23-24-16)12-6-2-8-20-12/h1,4-5,10,12,15,20H,2-3,6-9H2,(H3,21,22,23,24,27). The van der Waals surface area contributed by atoms with E-state index in [0.717, 1.165) is 50.0 Å². The Morgan fingerprint density at radius 1 is 1.22 bits per heavy atom. The summed E-state index contributed by atoms with van der Waals surface area (Å²) in [6.07, 6.45) is 4.15. The summed E-state index contributed by atoms with van der Waals surface area (Å²) < 4.78 is 0. The second-order valence-corrected chi connectivity index (χ2v) is 7.36. The van der Waals surface area contributed by atoms with Gasteiger partial charge < -0.3 is 15.5 Å². The molecule has 3 aliphatic heterocycles. The molecule has 1 aromatic carbocycles. The quantitative estimate of drug-likeness (QED) is 0.671. The third-order valence-corrected chi connectivity index (χ3v) is 5.71. The molecule has 3 aliphatic rings. The van der Waals surface area contributed by atoms with Crippen molar-refractivity contribution in [1.29, 1.82) is 0 Å². The first-order valence-electron chi connectivity index (χ1n) is 9.51. The van der Waals surface area contributed by atoms with Crippen molar-refractivity contribution in [3.8, 4) is 0 Å². The maximum absolute atomic E-state index is 12.5. The fourth-order valence-corrected chi connectivity index (χ4v) is 4.48. The van der Waals surface area contributed by atoms with Gasteiger partial charge >= 0.3 is 6.03 Å². The molecule has 8 heteroatoms. The Morgan fingerprint density at radius 2 is 2.15 bits per heavy atom. The molecule has 0 saturated carbocycles. The van der Waals surface area contributed by atoms with Crippen LogP contribution in [0.4, 0.5) is 16.3 Å². The molecular weight excluding hydrogens is 344 g/mol. The summed E-state index contributed by atoms with van der Waals surface area (Å²) in [6, 6.07) is 7.36. The Kier molecular flexibility index (Phi) is 3.86. The molecule has 2 atom stereocenters. The van der Waals surface area contributed by atoms with Crippen LogP contribution in [-0.4, -0.2) is 40.1 Å². The number of hydrogen-bond acceptors (Lipinski definition) is 4. The third-order valence-electron chi connectivity index (χ3n) is 5.71. The number of nitrogens with zero attached hydrogens (tertiary/aromatic N) is 2. The topological polar surface area (TPSA) is 102 Å². The molecule has 2 aromatic rings. The van der Waals surface area contributed by atoms with Crippen LogP contribution in [0.25, 0.3) is 0 Å². The maximum atomic E-state index is 12.5. The maximum Gasteiger partial charge on any atom is 0.324 e. The van der Waals surface area contributed by atoms with Crippen molar-refractivity contribution in [2.24, 2.45) is 0 Å². The summed E-state index contributed by atoms with van der Waals surface area (Å²) in [7, 11) is 0. The molecule has 140 valence electrons. The lowest BCUT2D eigenvalue weighted by Gasteiger charge is -2.17. The number of rotatable bonds is 3. The number of benzene rings is 1. The molecule has 8 nitrogen and oxygen atoms in total. The highest BCUT2D eigenvalue weighted by Gasteiger charge is 2.41. The number of anilines is 2. The van der Waals surface area contributed by atoms with Gasteiger partial charge in [0.25, 0.3) is 5.91 Å². The number of carbonyl (C=O) groups excluding carboxylic acids is 2. The largest absolute Gasteiger partial charge is 0.331 e. The van der Waals surface area contributed by atoms with Crippen molar-refractivity contribution < 1.29 is 9.59 Å². The van der Waals surface area contributed by atoms with Crippen LogP contribution in [0.1, 0.15) is 59.4 Å². The lowest BCUT2D eigenvalue weighted by molar-refractivity contribution is 0.0776. The van der Waals surface area contributed by atoms with Crippen LogP contribution in [0.3, 0.4) is 0 Å². The predicted molar refractivity (Wildman–Crippen MR) is 101 cm³/mol. The van der Waals surface area contributed by atoms with E-state index >= 15 is 0 Å².